The zero-order valence-electron chi connectivity index (χ0n) is 18.0. The Morgan fingerprint density at radius 3 is 1.61 bits per heavy atom. The van der Waals surface area contributed by atoms with E-state index in [0.29, 0.717) is 6.04 Å². The van der Waals surface area contributed by atoms with Gasteiger partial charge in [0.05, 0.1) is 8.07 Å². The van der Waals surface area contributed by atoms with Crippen LogP contribution < -0.4 is 5.32 Å². The molecule has 0 bridgehead atoms. The van der Waals surface area contributed by atoms with Crippen LogP contribution in [0.15, 0.2) is 10.8 Å². The van der Waals surface area contributed by atoms with Crippen LogP contribution in [-0.2, 0) is 0 Å². The van der Waals surface area contributed by atoms with Gasteiger partial charge >= 0.3 is 0 Å². The maximum atomic E-state index is 4.20. The van der Waals surface area contributed by atoms with Crippen molar-refractivity contribution in [1.82, 2.24) is 5.32 Å². The molecule has 0 aliphatic carbocycles. The first-order valence-electron chi connectivity index (χ1n) is 9.97. The van der Waals surface area contributed by atoms with E-state index < -0.39 is 8.07 Å². The first-order valence-corrected chi connectivity index (χ1v) is 13.3. The van der Waals surface area contributed by atoms with Crippen LogP contribution in [0.25, 0.3) is 0 Å². The molecule has 0 aromatic heterocycles. The van der Waals surface area contributed by atoms with Crippen molar-refractivity contribution in [2.24, 2.45) is 0 Å². The van der Waals surface area contributed by atoms with Gasteiger partial charge in [-0.1, -0.05) is 72.6 Å². The SMILES string of the molecule is CCCC(NC(CC)C(C)=C(C)[SiH3])[Si](C(C)C)(C(C)C)C(C)C. The highest BCUT2D eigenvalue weighted by Gasteiger charge is 2.48. The summed E-state index contributed by atoms with van der Waals surface area (Å²) in [5.41, 5.74) is 4.81. The second kappa shape index (κ2) is 10.2. The molecule has 0 aromatic carbocycles. The predicted molar refractivity (Wildman–Crippen MR) is 115 cm³/mol. The van der Waals surface area contributed by atoms with Gasteiger partial charge in [-0.15, -0.1) is 0 Å². The Hall–Kier alpha value is 0.134. The number of rotatable bonds is 10. The molecular weight excluding hydrogens is 310 g/mol. The molecule has 23 heavy (non-hydrogen) atoms. The molecule has 0 spiro atoms. The Morgan fingerprint density at radius 2 is 1.35 bits per heavy atom. The maximum Gasteiger partial charge on any atom is 0.0801 e. The minimum absolute atomic E-state index is 0.576. The van der Waals surface area contributed by atoms with Crippen LogP contribution in [0.5, 0.6) is 0 Å². The van der Waals surface area contributed by atoms with E-state index in [4.69, 9.17) is 0 Å². The molecular formula is C20H45NSi2. The minimum atomic E-state index is -1.46. The first kappa shape index (κ1) is 23.1. The lowest BCUT2D eigenvalue weighted by Gasteiger charge is -2.50. The molecule has 2 unspecified atom stereocenters. The molecule has 0 amide bonds. The van der Waals surface area contributed by atoms with Crippen LogP contribution in [0, 0.1) is 0 Å². The molecule has 1 N–H and O–H groups in total. The van der Waals surface area contributed by atoms with Crippen LogP contribution in [0.2, 0.25) is 16.6 Å². The molecule has 138 valence electrons. The molecule has 3 heteroatoms. The van der Waals surface area contributed by atoms with Gasteiger partial charge in [-0.2, -0.15) is 0 Å². The Kier molecular flexibility index (Phi) is 10.3. The maximum absolute atomic E-state index is 4.20. The van der Waals surface area contributed by atoms with Crippen LogP contribution in [0.1, 0.15) is 88.5 Å². The van der Waals surface area contributed by atoms with Gasteiger partial charge in [-0.3, -0.25) is 0 Å². The highest BCUT2D eigenvalue weighted by Crippen LogP contribution is 2.45. The molecule has 0 radical (unpaired) electrons. The highest BCUT2D eigenvalue weighted by molar-refractivity contribution is 6.84. The molecule has 0 saturated heterocycles. The van der Waals surface area contributed by atoms with Crippen LogP contribution >= 0.6 is 0 Å². The van der Waals surface area contributed by atoms with Crippen molar-refractivity contribution in [1.29, 1.82) is 0 Å². The van der Waals surface area contributed by atoms with E-state index in [1.807, 2.05) is 0 Å². The Labute approximate surface area is 151 Å². The van der Waals surface area contributed by atoms with E-state index in [-0.39, 0.29) is 0 Å². The number of nitrogens with one attached hydrogen (secondary N) is 1. The van der Waals surface area contributed by atoms with E-state index in [9.17, 15) is 0 Å². The molecule has 0 aromatic rings. The number of allylic oxidation sites excluding steroid dienone is 1. The average Bonchev–Trinajstić information content (AvgIpc) is 2.42. The van der Waals surface area contributed by atoms with Gasteiger partial charge < -0.3 is 5.32 Å². The fourth-order valence-corrected chi connectivity index (χ4v) is 13.2. The number of hydrogen-bond acceptors (Lipinski definition) is 1. The normalized spacial score (nSPS) is 17.1. The fourth-order valence-electron chi connectivity index (χ4n) is 5.11. The topological polar surface area (TPSA) is 12.0 Å². The lowest BCUT2D eigenvalue weighted by molar-refractivity contribution is 0.476. The zero-order valence-corrected chi connectivity index (χ0v) is 21.0. The van der Waals surface area contributed by atoms with E-state index in [1.165, 1.54) is 29.5 Å². The molecule has 2 atom stereocenters. The third-order valence-corrected chi connectivity index (χ3v) is 14.8. The van der Waals surface area contributed by atoms with Crippen LogP contribution in [0.3, 0.4) is 0 Å². The average molecular weight is 356 g/mol. The largest absolute Gasteiger partial charge is 0.310 e. The monoisotopic (exact) mass is 355 g/mol. The second-order valence-electron chi connectivity index (χ2n) is 8.62. The first-order chi connectivity index (χ1) is 10.6. The number of hydrogen-bond donors (Lipinski definition) is 1. The molecule has 0 aliphatic rings. The summed E-state index contributed by atoms with van der Waals surface area (Å²) in [6.07, 6.45) is 3.84. The summed E-state index contributed by atoms with van der Waals surface area (Å²) in [6, 6.07) is 0.576. The lowest BCUT2D eigenvalue weighted by atomic mass is 10.1. The van der Waals surface area contributed by atoms with Gasteiger partial charge in [0.1, 0.15) is 0 Å². The van der Waals surface area contributed by atoms with Crippen LogP contribution in [0.4, 0.5) is 0 Å². The lowest BCUT2D eigenvalue weighted by Crippen LogP contribution is -2.62. The van der Waals surface area contributed by atoms with Crippen molar-refractivity contribution < 1.29 is 0 Å². The van der Waals surface area contributed by atoms with Crippen molar-refractivity contribution in [2.75, 3.05) is 0 Å². The van der Waals surface area contributed by atoms with Gasteiger partial charge in [0.2, 0.25) is 0 Å². The van der Waals surface area contributed by atoms with Crippen LogP contribution in [-0.4, -0.2) is 30.0 Å². The Morgan fingerprint density at radius 1 is 0.913 bits per heavy atom. The zero-order chi connectivity index (χ0) is 18.4. The molecule has 1 nitrogen and oxygen atoms in total. The van der Waals surface area contributed by atoms with Crippen molar-refractivity contribution in [2.45, 2.75) is 117 Å². The summed E-state index contributed by atoms with van der Waals surface area (Å²) in [5, 5.41) is 5.81. The summed E-state index contributed by atoms with van der Waals surface area (Å²) in [6.45, 7) is 24.4. The second-order valence-corrected chi connectivity index (χ2v) is 16.3. The van der Waals surface area contributed by atoms with Gasteiger partial charge in [0, 0.05) is 21.9 Å². The van der Waals surface area contributed by atoms with Crippen molar-refractivity contribution in [3.05, 3.63) is 10.8 Å². The van der Waals surface area contributed by atoms with Crippen molar-refractivity contribution in [3.63, 3.8) is 0 Å². The van der Waals surface area contributed by atoms with Crippen molar-refractivity contribution >= 4 is 18.3 Å². The van der Waals surface area contributed by atoms with Gasteiger partial charge in [0.25, 0.3) is 0 Å². The summed E-state index contributed by atoms with van der Waals surface area (Å²) >= 11 is 0. The van der Waals surface area contributed by atoms with E-state index in [1.54, 1.807) is 10.8 Å². The standard InChI is InChI=1S/C20H45NSi2/c1-11-13-20(21-19(12-2)17(9)18(10)22)23(14(3)4,15(5)6)16(7)8/h14-16,19-21H,11-13H2,1-10,22H3. The van der Waals surface area contributed by atoms with Crippen molar-refractivity contribution in [3.8, 4) is 0 Å². The molecule has 0 aliphatic heterocycles. The van der Waals surface area contributed by atoms with Gasteiger partial charge in [0.15, 0.2) is 0 Å². The smallest absolute Gasteiger partial charge is 0.0801 e. The van der Waals surface area contributed by atoms with E-state index >= 15 is 0 Å². The minimum Gasteiger partial charge on any atom is -0.310 e. The Bertz CT molecular complexity index is 346. The van der Waals surface area contributed by atoms with E-state index in [2.05, 4.69) is 74.6 Å². The predicted octanol–water partition coefficient (Wildman–Crippen LogP) is 5.40. The quantitative estimate of drug-likeness (QED) is 0.517. The Balaban J connectivity index is 5.85. The molecule has 0 rings (SSSR count). The fraction of sp³-hybridized carbons (Fsp3) is 0.900. The molecule has 0 fully saturated rings. The highest BCUT2D eigenvalue weighted by atomic mass is 28.3. The van der Waals surface area contributed by atoms with Gasteiger partial charge in [-0.05, 0) is 43.3 Å². The molecule has 0 heterocycles. The summed E-state index contributed by atoms with van der Waals surface area (Å²) in [7, 11) is -0.272. The van der Waals surface area contributed by atoms with E-state index in [0.717, 1.165) is 22.3 Å². The molecule has 0 saturated carbocycles. The third-order valence-electron chi connectivity index (χ3n) is 6.30. The summed E-state index contributed by atoms with van der Waals surface area (Å²) in [5.74, 6) is 0. The third kappa shape index (κ3) is 5.30. The summed E-state index contributed by atoms with van der Waals surface area (Å²) in [4.78, 5) is 0. The van der Waals surface area contributed by atoms with Gasteiger partial charge in [-0.25, -0.2) is 0 Å². The summed E-state index contributed by atoms with van der Waals surface area (Å²) < 4.78 is 0.